The van der Waals surface area contributed by atoms with Gasteiger partial charge in [0.05, 0.1) is 6.61 Å². The van der Waals surface area contributed by atoms with Crippen LogP contribution in [0.25, 0.3) is 0 Å². The molecule has 1 aromatic heterocycles. The Kier molecular flexibility index (Phi) is 7.79. The molecule has 114 valence electrons. The van der Waals surface area contributed by atoms with Crippen LogP contribution in [0.5, 0.6) is 0 Å². The molecule has 1 heterocycles. The molecule has 0 saturated heterocycles. The summed E-state index contributed by atoms with van der Waals surface area (Å²) >= 11 is 0. The van der Waals surface area contributed by atoms with E-state index in [0.29, 0.717) is 12.4 Å². The minimum atomic E-state index is -2.43. The summed E-state index contributed by atoms with van der Waals surface area (Å²) < 4.78 is 28.6. The van der Waals surface area contributed by atoms with Gasteiger partial charge in [-0.25, -0.2) is 18.7 Å². The Morgan fingerprint density at radius 3 is 2.50 bits per heavy atom. The van der Waals surface area contributed by atoms with E-state index in [1.54, 1.807) is 6.07 Å². The van der Waals surface area contributed by atoms with Crippen molar-refractivity contribution in [1.82, 2.24) is 9.97 Å². The number of alkyl halides is 2. The first-order valence-electron chi connectivity index (χ1n) is 6.87. The Morgan fingerprint density at radius 2 is 1.90 bits per heavy atom. The average molecular weight is 288 g/mol. The van der Waals surface area contributed by atoms with Crippen molar-refractivity contribution in [3.8, 4) is 0 Å². The van der Waals surface area contributed by atoms with Crippen molar-refractivity contribution in [3.05, 3.63) is 11.9 Å². The largest absolute Gasteiger partial charge is 0.374 e. The first-order chi connectivity index (χ1) is 9.65. The number of nitrogens with one attached hydrogen (secondary N) is 2. The maximum atomic E-state index is 11.9. The van der Waals surface area contributed by atoms with E-state index in [1.165, 1.54) is 0 Å². The van der Waals surface area contributed by atoms with Gasteiger partial charge >= 0.3 is 0 Å². The first kappa shape index (κ1) is 16.6. The van der Waals surface area contributed by atoms with Gasteiger partial charge in [-0.3, -0.25) is 0 Å². The second-order valence-electron chi connectivity index (χ2n) is 4.23. The Morgan fingerprint density at radius 1 is 1.20 bits per heavy atom. The molecule has 0 aliphatic carbocycles. The number of anilines is 2. The van der Waals surface area contributed by atoms with E-state index in [4.69, 9.17) is 4.74 Å². The van der Waals surface area contributed by atoms with Crippen molar-refractivity contribution in [1.29, 1.82) is 0 Å². The number of aromatic nitrogens is 2. The van der Waals surface area contributed by atoms with Crippen LogP contribution in [0, 0.1) is 0 Å². The number of hydrogen-bond donors (Lipinski definition) is 2. The van der Waals surface area contributed by atoms with Gasteiger partial charge in [0.2, 0.25) is 0 Å². The molecule has 0 aromatic carbocycles. The van der Waals surface area contributed by atoms with Crippen LogP contribution in [0.1, 0.15) is 26.1 Å². The molecular formula is C13H22F2N4O. The zero-order chi connectivity index (χ0) is 14.8. The van der Waals surface area contributed by atoms with E-state index < -0.39 is 13.0 Å². The summed E-state index contributed by atoms with van der Waals surface area (Å²) in [5.41, 5.74) is 0. The fourth-order valence-corrected chi connectivity index (χ4v) is 1.62. The molecule has 0 aliphatic heterocycles. The van der Waals surface area contributed by atoms with Crippen LogP contribution in [-0.2, 0) is 11.2 Å². The number of hydrogen-bond acceptors (Lipinski definition) is 5. The minimum Gasteiger partial charge on any atom is -0.374 e. The third kappa shape index (κ3) is 6.60. The molecule has 5 nitrogen and oxygen atoms in total. The first-order valence-corrected chi connectivity index (χ1v) is 6.87. The Bertz CT molecular complexity index is 366. The van der Waals surface area contributed by atoms with Crippen LogP contribution in [0.3, 0.4) is 0 Å². The topological polar surface area (TPSA) is 59.1 Å². The van der Waals surface area contributed by atoms with Gasteiger partial charge in [0.1, 0.15) is 24.1 Å². The summed E-state index contributed by atoms with van der Waals surface area (Å²) in [5, 5.41) is 6.20. The standard InChI is InChI=1S/C13H22F2N4O/c1-3-5-11-18-12(16-4-2)8-13(19-11)17-6-7-20-9-10(14)15/h8,10H,3-7,9H2,1-2H3,(H2,16,17,18,19). The van der Waals surface area contributed by atoms with Crippen molar-refractivity contribution >= 4 is 11.6 Å². The highest BCUT2D eigenvalue weighted by Crippen LogP contribution is 2.12. The van der Waals surface area contributed by atoms with Crippen LogP contribution in [0.2, 0.25) is 0 Å². The highest BCUT2D eigenvalue weighted by Gasteiger charge is 2.04. The van der Waals surface area contributed by atoms with Gasteiger partial charge < -0.3 is 15.4 Å². The Balaban J connectivity index is 2.50. The van der Waals surface area contributed by atoms with Crippen molar-refractivity contribution in [3.63, 3.8) is 0 Å². The summed E-state index contributed by atoms with van der Waals surface area (Å²) in [4.78, 5) is 8.76. The van der Waals surface area contributed by atoms with E-state index in [1.807, 2.05) is 6.92 Å². The van der Waals surface area contributed by atoms with Gasteiger partial charge in [-0.15, -0.1) is 0 Å². The van der Waals surface area contributed by atoms with Crippen LogP contribution in [0.15, 0.2) is 6.07 Å². The fraction of sp³-hybridized carbons (Fsp3) is 0.692. The molecule has 0 spiro atoms. The molecule has 0 amide bonds. The number of rotatable bonds is 10. The van der Waals surface area contributed by atoms with Crippen molar-refractivity contribution in [2.75, 3.05) is 36.9 Å². The maximum absolute atomic E-state index is 11.9. The molecule has 0 saturated carbocycles. The lowest BCUT2D eigenvalue weighted by atomic mass is 10.3. The van der Waals surface area contributed by atoms with Gasteiger partial charge in [0.25, 0.3) is 6.43 Å². The lowest BCUT2D eigenvalue weighted by Gasteiger charge is -2.10. The summed E-state index contributed by atoms with van der Waals surface area (Å²) in [6.07, 6.45) is -0.659. The highest BCUT2D eigenvalue weighted by molar-refractivity contribution is 5.47. The van der Waals surface area contributed by atoms with Gasteiger partial charge in [-0.2, -0.15) is 0 Å². The average Bonchev–Trinajstić information content (AvgIpc) is 2.38. The zero-order valence-electron chi connectivity index (χ0n) is 12.0. The monoisotopic (exact) mass is 288 g/mol. The molecular weight excluding hydrogens is 266 g/mol. The van der Waals surface area contributed by atoms with Gasteiger partial charge in [0.15, 0.2) is 0 Å². The normalized spacial score (nSPS) is 10.8. The van der Waals surface area contributed by atoms with Gasteiger partial charge in [-0.1, -0.05) is 6.92 Å². The van der Waals surface area contributed by atoms with Crippen LogP contribution >= 0.6 is 0 Å². The quantitative estimate of drug-likeness (QED) is 0.648. The summed E-state index contributed by atoms with van der Waals surface area (Å²) in [7, 11) is 0. The summed E-state index contributed by atoms with van der Waals surface area (Å²) in [6.45, 7) is 4.95. The van der Waals surface area contributed by atoms with E-state index in [2.05, 4.69) is 27.5 Å². The third-order valence-corrected chi connectivity index (χ3v) is 2.40. The second-order valence-corrected chi connectivity index (χ2v) is 4.23. The van der Waals surface area contributed by atoms with E-state index in [0.717, 1.165) is 31.0 Å². The highest BCUT2D eigenvalue weighted by atomic mass is 19.3. The molecule has 0 atom stereocenters. The van der Waals surface area contributed by atoms with E-state index in [-0.39, 0.29) is 6.61 Å². The van der Waals surface area contributed by atoms with Crippen LogP contribution < -0.4 is 10.6 Å². The smallest absolute Gasteiger partial charge is 0.261 e. The maximum Gasteiger partial charge on any atom is 0.261 e. The molecule has 0 fully saturated rings. The fourth-order valence-electron chi connectivity index (χ4n) is 1.62. The number of aryl methyl sites for hydroxylation is 1. The zero-order valence-corrected chi connectivity index (χ0v) is 12.0. The predicted molar refractivity (Wildman–Crippen MR) is 75.5 cm³/mol. The Hall–Kier alpha value is -1.50. The van der Waals surface area contributed by atoms with Crippen LogP contribution in [0.4, 0.5) is 20.4 Å². The van der Waals surface area contributed by atoms with Gasteiger partial charge in [0, 0.05) is 25.6 Å². The van der Waals surface area contributed by atoms with Gasteiger partial charge in [-0.05, 0) is 13.3 Å². The lowest BCUT2D eigenvalue weighted by molar-refractivity contribution is 0.0215. The van der Waals surface area contributed by atoms with E-state index in [9.17, 15) is 8.78 Å². The molecule has 0 bridgehead atoms. The molecule has 2 N–H and O–H groups in total. The molecule has 1 aromatic rings. The van der Waals surface area contributed by atoms with Crippen LogP contribution in [-0.4, -0.2) is 42.7 Å². The van der Waals surface area contributed by atoms with Crippen molar-refractivity contribution < 1.29 is 13.5 Å². The molecule has 1 rings (SSSR count). The third-order valence-electron chi connectivity index (χ3n) is 2.40. The lowest BCUT2D eigenvalue weighted by Crippen LogP contribution is -2.15. The molecule has 20 heavy (non-hydrogen) atoms. The molecule has 7 heteroatoms. The SMILES string of the molecule is CCCc1nc(NCC)cc(NCCOCC(F)F)n1. The molecule has 0 radical (unpaired) electrons. The summed E-state index contributed by atoms with van der Waals surface area (Å²) in [6, 6.07) is 1.80. The molecule has 0 unspecified atom stereocenters. The minimum absolute atomic E-state index is 0.216. The second kappa shape index (κ2) is 9.41. The van der Waals surface area contributed by atoms with Crippen molar-refractivity contribution in [2.45, 2.75) is 33.1 Å². The molecule has 0 aliphatic rings. The Labute approximate surface area is 118 Å². The number of halogens is 2. The van der Waals surface area contributed by atoms with Crippen molar-refractivity contribution in [2.24, 2.45) is 0 Å². The number of ether oxygens (including phenoxy) is 1. The number of nitrogens with zero attached hydrogens (tertiary/aromatic N) is 2. The summed E-state index contributed by atoms with van der Waals surface area (Å²) in [5.74, 6) is 2.21. The predicted octanol–water partition coefficient (Wildman–Crippen LogP) is 2.55. The van der Waals surface area contributed by atoms with E-state index >= 15 is 0 Å².